The van der Waals surface area contributed by atoms with Gasteiger partial charge in [-0.2, -0.15) is 0 Å². The van der Waals surface area contributed by atoms with Crippen molar-refractivity contribution in [2.75, 3.05) is 19.6 Å². The molecular weight excluding hydrogens is 218 g/mol. The predicted molar refractivity (Wildman–Crippen MR) is 63.0 cm³/mol. The highest BCUT2D eigenvalue weighted by Crippen LogP contribution is 2.16. The van der Waals surface area contributed by atoms with Crippen LogP contribution in [-0.4, -0.2) is 45.4 Å². The number of hydrogen-bond acceptors (Lipinski definition) is 4. The van der Waals surface area contributed by atoms with E-state index in [1.54, 1.807) is 17.1 Å². The van der Waals surface area contributed by atoms with E-state index >= 15 is 0 Å². The minimum absolute atomic E-state index is 0.205. The molecule has 1 amide bonds. The maximum Gasteiger partial charge on any atom is 0.224 e. The number of likely N-dealkylation sites (tertiary alicyclic amines) is 1. The topological polar surface area (TPSA) is 77.0 Å². The van der Waals surface area contributed by atoms with Crippen molar-refractivity contribution < 1.29 is 4.79 Å². The molecule has 6 nitrogen and oxygen atoms in total. The summed E-state index contributed by atoms with van der Waals surface area (Å²) in [6.45, 7) is 3.03. The molecule has 1 aromatic heterocycles. The van der Waals surface area contributed by atoms with Crippen LogP contribution in [0.25, 0.3) is 0 Å². The molecule has 0 aliphatic carbocycles. The molecule has 1 saturated heterocycles. The first-order chi connectivity index (χ1) is 8.29. The zero-order valence-electron chi connectivity index (χ0n) is 9.96. The van der Waals surface area contributed by atoms with Gasteiger partial charge >= 0.3 is 0 Å². The van der Waals surface area contributed by atoms with E-state index in [1.807, 2.05) is 4.90 Å². The average molecular weight is 237 g/mol. The molecular formula is C11H19N5O. The fourth-order valence-corrected chi connectivity index (χ4v) is 2.14. The van der Waals surface area contributed by atoms with Crippen LogP contribution in [0, 0.1) is 5.92 Å². The van der Waals surface area contributed by atoms with Gasteiger partial charge in [-0.3, -0.25) is 9.48 Å². The third-order valence-electron chi connectivity index (χ3n) is 3.33. The van der Waals surface area contributed by atoms with E-state index in [0.29, 0.717) is 18.9 Å². The normalized spacial score (nSPS) is 17.4. The molecule has 1 aliphatic heterocycles. The summed E-state index contributed by atoms with van der Waals surface area (Å²) in [5, 5.41) is 7.55. The second-order valence-corrected chi connectivity index (χ2v) is 4.48. The van der Waals surface area contributed by atoms with Gasteiger partial charge in [-0.25, -0.2) is 0 Å². The summed E-state index contributed by atoms with van der Waals surface area (Å²) in [5.74, 6) is 0.797. The van der Waals surface area contributed by atoms with Gasteiger partial charge in [-0.1, -0.05) is 5.21 Å². The van der Waals surface area contributed by atoms with E-state index in [2.05, 4.69) is 10.3 Å². The first kappa shape index (κ1) is 12.0. The summed E-state index contributed by atoms with van der Waals surface area (Å²) < 4.78 is 1.69. The minimum atomic E-state index is 0.205. The summed E-state index contributed by atoms with van der Waals surface area (Å²) in [4.78, 5) is 13.9. The first-order valence-electron chi connectivity index (χ1n) is 6.11. The van der Waals surface area contributed by atoms with E-state index in [0.717, 1.165) is 32.5 Å². The van der Waals surface area contributed by atoms with Gasteiger partial charge < -0.3 is 10.6 Å². The molecule has 1 aliphatic rings. The zero-order chi connectivity index (χ0) is 12.1. The highest BCUT2D eigenvalue weighted by molar-refractivity contribution is 5.76. The molecule has 0 saturated carbocycles. The highest BCUT2D eigenvalue weighted by Gasteiger charge is 2.21. The summed E-state index contributed by atoms with van der Waals surface area (Å²) in [6, 6.07) is 0. The van der Waals surface area contributed by atoms with Crippen molar-refractivity contribution in [2.45, 2.75) is 25.8 Å². The first-order valence-corrected chi connectivity index (χ1v) is 6.11. The number of piperidine rings is 1. The van der Waals surface area contributed by atoms with Crippen LogP contribution in [0.4, 0.5) is 0 Å². The highest BCUT2D eigenvalue weighted by atomic mass is 16.2. The fraction of sp³-hybridized carbons (Fsp3) is 0.727. The molecule has 6 heteroatoms. The van der Waals surface area contributed by atoms with Gasteiger partial charge in [0.1, 0.15) is 0 Å². The summed E-state index contributed by atoms with van der Waals surface area (Å²) in [7, 11) is 0. The zero-order valence-corrected chi connectivity index (χ0v) is 9.96. The minimum Gasteiger partial charge on any atom is -0.343 e. The Morgan fingerprint density at radius 1 is 1.41 bits per heavy atom. The number of aromatic nitrogens is 3. The number of amides is 1. The lowest BCUT2D eigenvalue weighted by molar-refractivity contribution is -0.132. The second kappa shape index (κ2) is 5.77. The third kappa shape index (κ3) is 3.26. The summed E-state index contributed by atoms with van der Waals surface area (Å²) >= 11 is 0. The molecule has 0 atom stereocenters. The molecule has 0 spiro atoms. The Morgan fingerprint density at radius 2 is 2.18 bits per heavy atom. The van der Waals surface area contributed by atoms with Gasteiger partial charge in [0.25, 0.3) is 0 Å². The molecule has 17 heavy (non-hydrogen) atoms. The molecule has 1 fully saturated rings. The molecule has 0 radical (unpaired) electrons. The van der Waals surface area contributed by atoms with Crippen LogP contribution in [0.2, 0.25) is 0 Å². The molecule has 1 aromatic rings. The van der Waals surface area contributed by atoms with Gasteiger partial charge in [-0.15, -0.1) is 5.10 Å². The smallest absolute Gasteiger partial charge is 0.224 e. The van der Waals surface area contributed by atoms with Crippen LogP contribution in [0.3, 0.4) is 0 Å². The average Bonchev–Trinajstić information content (AvgIpc) is 2.89. The largest absolute Gasteiger partial charge is 0.343 e. The van der Waals surface area contributed by atoms with Gasteiger partial charge in [0.15, 0.2) is 0 Å². The monoisotopic (exact) mass is 237 g/mol. The lowest BCUT2D eigenvalue weighted by Gasteiger charge is -2.31. The number of carbonyl (C=O) groups excluding carboxylic acids is 1. The van der Waals surface area contributed by atoms with Crippen molar-refractivity contribution in [3.8, 4) is 0 Å². The van der Waals surface area contributed by atoms with Crippen molar-refractivity contribution in [3.63, 3.8) is 0 Å². The maximum atomic E-state index is 11.9. The number of rotatable bonds is 4. The molecule has 2 rings (SSSR count). The van der Waals surface area contributed by atoms with Gasteiger partial charge in [0.05, 0.1) is 12.7 Å². The van der Waals surface area contributed by atoms with Crippen LogP contribution in [0.5, 0.6) is 0 Å². The summed E-state index contributed by atoms with van der Waals surface area (Å²) in [6.07, 6.45) is 5.96. The van der Waals surface area contributed by atoms with E-state index < -0.39 is 0 Å². The molecule has 94 valence electrons. The van der Waals surface area contributed by atoms with Crippen LogP contribution < -0.4 is 5.73 Å². The Morgan fingerprint density at radius 3 is 2.76 bits per heavy atom. The quantitative estimate of drug-likeness (QED) is 0.791. The standard InChI is InChI=1S/C11H19N5O/c12-9-10-1-5-15(6-2-10)11(17)3-7-16-8-4-13-14-16/h4,8,10H,1-3,5-7,9,12H2. The molecule has 0 bridgehead atoms. The van der Waals surface area contributed by atoms with Gasteiger partial charge in [-0.05, 0) is 25.3 Å². The van der Waals surface area contributed by atoms with Crippen LogP contribution in [-0.2, 0) is 11.3 Å². The van der Waals surface area contributed by atoms with Crippen molar-refractivity contribution in [3.05, 3.63) is 12.4 Å². The Labute approximate surface area is 101 Å². The van der Waals surface area contributed by atoms with Crippen LogP contribution in [0.1, 0.15) is 19.3 Å². The van der Waals surface area contributed by atoms with Crippen molar-refractivity contribution in [1.82, 2.24) is 19.9 Å². The molecule has 0 unspecified atom stereocenters. The van der Waals surface area contributed by atoms with E-state index in [-0.39, 0.29) is 5.91 Å². The molecule has 2 heterocycles. The maximum absolute atomic E-state index is 11.9. The Bertz CT molecular complexity index is 343. The van der Waals surface area contributed by atoms with E-state index in [9.17, 15) is 4.79 Å². The Kier molecular flexibility index (Phi) is 4.08. The Balaban J connectivity index is 1.73. The third-order valence-corrected chi connectivity index (χ3v) is 3.33. The number of nitrogens with two attached hydrogens (primary N) is 1. The van der Waals surface area contributed by atoms with Crippen LogP contribution in [0.15, 0.2) is 12.4 Å². The van der Waals surface area contributed by atoms with E-state index in [4.69, 9.17) is 5.73 Å². The lowest BCUT2D eigenvalue weighted by atomic mass is 9.97. The second-order valence-electron chi connectivity index (χ2n) is 4.48. The van der Waals surface area contributed by atoms with Crippen molar-refractivity contribution in [2.24, 2.45) is 11.7 Å². The molecule has 0 aromatic carbocycles. The van der Waals surface area contributed by atoms with Gasteiger partial charge in [0.2, 0.25) is 5.91 Å². The Hall–Kier alpha value is -1.43. The SMILES string of the molecule is NCC1CCN(C(=O)CCn2ccnn2)CC1. The van der Waals surface area contributed by atoms with E-state index in [1.165, 1.54) is 0 Å². The fourth-order valence-electron chi connectivity index (χ4n) is 2.14. The number of hydrogen-bond donors (Lipinski definition) is 1. The summed E-state index contributed by atoms with van der Waals surface area (Å²) in [5.41, 5.74) is 5.63. The number of nitrogens with zero attached hydrogens (tertiary/aromatic N) is 4. The van der Waals surface area contributed by atoms with Crippen molar-refractivity contribution >= 4 is 5.91 Å². The predicted octanol–water partition coefficient (Wildman–Crippen LogP) is -0.135. The number of carbonyl (C=O) groups is 1. The van der Waals surface area contributed by atoms with Crippen molar-refractivity contribution in [1.29, 1.82) is 0 Å². The molecule has 2 N–H and O–H groups in total. The van der Waals surface area contributed by atoms with Crippen LogP contribution >= 0.6 is 0 Å². The van der Waals surface area contributed by atoms with Gasteiger partial charge in [0, 0.05) is 25.7 Å². The lowest BCUT2D eigenvalue weighted by Crippen LogP contribution is -2.40. The number of aryl methyl sites for hydroxylation is 1.